The zero-order valence-electron chi connectivity index (χ0n) is 11.0. The number of aromatic nitrogens is 3. The standard InChI is InChI=1S/C14H12N4OS/c1-9-14(11(7-15)12-3-2-6-18(9)12)13(19)5-4-10-8-20-17-16-10/h4-5,8H,2-3,6H2,1H3/b5-4+. The number of hydrogen-bond donors (Lipinski definition) is 0. The van der Waals surface area contributed by atoms with Crippen molar-refractivity contribution >= 4 is 23.4 Å². The Kier molecular flexibility index (Phi) is 3.20. The number of hydrogen-bond acceptors (Lipinski definition) is 5. The number of nitriles is 1. The molecule has 0 saturated heterocycles. The van der Waals surface area contributed by atoms with Gasteiger partial charge in [-0.25, -0.2) is 0 Å². The van der Waals surface area contributed by atoms with Gasteiger partial charge in [-0.05, 0) is 43.4 Å². The highest BCUT2D eigenvalue weighted by Gasteiger charge is 2.26. The first-order chi connectivity index (χ1) is 9.72. The van der Waals surface area contributed by atoms with E-state index in [1.54, 1.807) is 11.5 Å². The van der Waals surface area contributed by atoms with E-state index in [0.29, 0.717) is 16.8 Å². The molecule has 1 aliphatic heterocycles. The largest absolute Gasteiger partial charge is 0.347 e. The fourth-order valence-electron chi connectivity index (χ4n) is 2.68. The summed E-state index contributed by atoms with van der Waals surface area (Å²) in [4.78, 5) is 12.3. The first-order valence-corrected chi connectivity index (χ1v) is 7.17. The number of ketones is 1. The lowest BCUT2D eigenvalue weighted by molar-refractivity contribution is 0.104. The predicted molar refractivity (Wildman–Crippen MR) is 75.5 cm³/mol. The van der Waals surface area contributed by atoms with Crippen LogP contribution in [0, 0.1) is 18.3 Å². The molecule has 0 amide bonds. The van der Waals surface area contributed by atoms with Crippen LogP contribution in [0.25, 0.3) is 6.08 Å². The van der Waals surface area contributed by atoms with E-state index in [0.717, 1.165) is 30.8 Å². The first-order valence-electron chi connectivity index (χ1n) is 6.34. The Labute approximate surface area is 120 Å². The van der Waals surface area contributed by atoms with Crippen molar-refractivity contribution in [3.05, 3.63) is 39.7 Å². The average Bonchev–Trinajstić information content (AvgIpc) is 3.14. The average molecular weight is 284 g/mol. The summed E-state index contributed by atoms with van der Waals surface area (Å²) in [6.07, 6.45) is 5.02. The van der Waals surface area contributed by atoms with Gasteiger partial charge in [0.2, 0.25) is 0 Å². The van der Waals surface area contributed by atoms with E-state index in [9.17, 15) is 10.1 Å². The minimum absolute atomic E-state index is 0.144. The normalized spacial score (nSPS) is 13.6. The maximum atomic E-state index is 12.3. The molecular weight excluding hydrogens is 272 g/mol. The van der Waals surface area contributed by atoms with Crippen molar-refractivity contribution in [3.63, 3.8) is 0 Å². The summed E-state index contributed by atoms with van der Waals surface area (Å²) < 4.78 is 5.82. The van der Waals surface area contributed by atoms with Crippen LogP contribution >= 0.6 is 11.5 Å². The van der Waals surface area contributed by atoms with Gasteiger partial charge < -0.3 is 4.57 Å². The molecule has 0 radical (unpaired) electrons. The lowest BCUT2D eigenvalue weighted by Gasteiger charge is -2.01. The van der Waals surface area contributed by atoms with Gasteiger partial charge in [0, 0.05) is 23.3 Å². The first kappa shape index (κ1) is 12.8. The Morgan fingerprint density at radius 3 is 3.15 bits per heavy atom. The lowest BCUT2D eigenvalue weighted by atomic mass is 10.0. The quantitative estimate of drug-likeness (QED) is 0.640. The molecule has 0 bridgehead atoms. The van der Waals surface area contributed by atoms with Crippen molar-refractivity contribution in [1.82, 2.24) is 14.2 Å². The molecule has 0 N–H and O–H groups in total. The summed E-state index contributed by atoms with van der Waals surface area (Å²) in [5, 5.41) is 15.0. The summed E-state index contributed by atoms with van der Waals surface area (Å²) in [7, 11) is 0. The fourth-order valence-corrected chi connectivity index (χ4v) is 3.10. The second kappa shape index (κ2) is 5.02. The maximum Gasteiger partial charge on any atom is 0.189 e. The Morgan fingerprint density at radius 1 is 1.60 bits per heavy atom. The molecule has 0 atom stereocenters. The molecule has 0 aromatic carbocycles. The van der Waals surface area contributed by atoms with Crippen LogP contribution in [0.3, 0.4) is 0 Å². The molecule has 0 aliphatic carbocycles. The number of allylic oxidation sites excluding steroid dienone is 1. The van der Waals surface area contributed by atoms with Gasteiger partial charge in [-0.1, -0.05) is 4.49 Å². The lowest BCUT2D eigenvalue weighted by Crippen LogP contribution is -2.01. The monoisotopic (exact) mass is 284 g/mol. The molecule has 5 nitrogen and oxygen atoms in total. The van der Waals surface area contributed by atoms with Crippen molar-refractivity contribution in [1.29, 1.82) is 5.26 Å². The van der Waals surface area contributed by atoms with Crippen LogP contribution in [0.15, 0.2) is 11.5 Å². The van der Waals surface area contributed by atoms with E-state index in [2.05, 4.69) is 20.2 Å². The SMILES string of the molecule is Cc1c(C(=O)/C=C/c2csnn2)c(C#N)c2n1CCC2. The highest BCUT2D eigenvalue weighted by Crippen LogP contribution is 2.28. The van der Waals surface area contributed by atoms with Crippen LogP contribution < -0.4 is 0 Å². The van der Waals surface area contributed by atoms with Gasteiger partial charge in [0.05, 0.1) is 16.8 Å². The van der Waals surface area contributed by atoms with Crippen molar-refractivity contribution in [3.8, 4) is 6.07 Å². The van der Waals surface area contributed by atoms with Crippen molar-refractivity contribution in [2.45, 2.75) is 26.3 Å². The van der Waals surface area contributed by atoms with E-state index in [1.165, 1.54) is 17.6 Å². The molecule has 3 rings (SSSR count). The summed E-state index contributed by atoms with van der Waals surface area (Å²) in [5.41, 5.74) is 3.61. The molecule has 20 heavy (non-hydrogen) atoms. The minimum Gasteiger partial charge on any atom is -0.347 e. The zero-order valence-corrected chi connectivity index (χ0v) is 11.8. The molecule has 0 unspecified atom stereocenters. The van der Waals surface area contributed by atoms with Crippen LogP contribution in [0.1, 0.15) is 39.4 Å². The van der Waals surface area contributed by atoms with E-state index < -0.39 is 0 Å². The highest BCUT2D eigenvalue weighted by molar-refractivity contribution is 7.03. The van der Waals surface area contributed by atoms with Gasteiger partial charge >= 0.3 is 0 Å². The molecule has 2 aromatic rings. The van der Waals surface area contributed by atoms with Crippen LogP contribution in [0.2, 0.25) is 0 Å². The highest BCUT2D eigenvalue weighted by atomic mass is 32.1. The van der Waals surface area contributed by atoms with Crippen molar-refractivity contribution in [2.75, 3.05) is 0 Å². The topological polar surface area (TPSA) is 71.6 Å². The van der Waals surface area contributed by atoms with Gasteiger partial charge in [0.15, 0.2) is 5.78 Å². The Hall–Kier alpha value is -2.26. The molecule has 2 aromatic heterocycles. The van der Waals surface area contributed by atoms with Gasteiger partial charge in [0.25, 0.3) is 0 Å². The summed E-state index contributed by atoms with van der Waals surface area (Å²) in [5.74, 6) is -0.144. The fraction of sp³-hybridized carbons (Fsp3) is 0.286. The third-order valence-electron chi connectivity index (χ3n) is 3.57. The number of fused-ring (bicyclic) bond motifs is 1. The number of carbonyl (C=O) groups is 1. The molecular formula is C14H12N4OS. The van der Waals surface area contributed by atoms with Gasteiger partial charge in [-0.2, -0.15) is 5.26 Å². The molecule has 6 heteroatoms. The molecule has 100 valence electrons. The second-order valence-corrected chi connectivity index (χ2v) is 5.29. The maximum absolute atomic E-state index is 12.3. The minimum atomic E-state index is -0.144. The van der Waals surface area contributed by atoms with Crippen LogP contribution in [-0.4, -0.2) is 19.9 Å². The smallest absolute Gasteiger partial charge is 0.189 e. The van der Waals surface area contributed by atoms with E-state index in [1.807, 2.05) is 6.92 Å². The van der Waals surface area contributed by atoms with Gasteiger partial charge in [0.1, 0.15) is 6.07 Å². The van der Waals surface area contributed by atoms with Gasteiger partial charge in [-0.15, -0.1) is 5.10 Å². The van der Waals surface area contributed by atoms with Gasteiger partial charge in [-0.3, -0.25) is 4.79 Å². The zero-order chi connectivity index (χ0) is 14.1. The summed E-state index contributed by atoms with van der Waals surface area (Å²) in [6.45, 7) is 2.80. The van der Waals surface area contributed by atoms with E-state index in [4.69, 9.17) is 0 Å². The third kappa shape index (κ3) is 1.96. The van der Waals surface area contributed by atoms with Crippen LogP contribution in [-0.2, 0) is 13.0 Å². The molecule has 0 saturated carbocycles. The summed E-state index contributed by atoms with van der Waals surface area (Å²) in [6, 6.07) is 2.19. The Balaban J connectivity index is 1.99. The molecule has 0 fully saturated rings. The van der Waals surface area contributed by atoms with Crippen molar-refractivity contribution < 1.29 is 4.79 Å². The molecule has 1 aliphatic rings. The predicted octanol–water partition coefficient (Wildman–Crippen LogP) is 2.36. The second-order valence-electron chi connectivity index (χ2n) is 4.68. The van der Waals surface area contributed by atoms with Crippen LogP contribution in [0.5, 0.6) is 0 Å². The van der Waals surface area contributed by atoms with Crippen LogP contribution in [0.4, 0.5) is 0 Å². The third-order valence-corrected chi connectivity index (χ3v) is 4.09. The molecule has 0 spiro atoms. The Morgan fingerprint density at radius 2 is 2.45 bits per heavy atom. The molecule has 3 heterocycles. The van der Waals surface area contributed by atoms with Crippen molar-refractivity contribution in [2.24, 2.45) is 0 Å². The number of carbonyl (C=O) groups excluding carboxylic acids is 1. The Bertz CT molecular complexity index is 734. The summed E-state index contributed by atoms with van der Waals surface area (Å²) >= 11 is 1.24. The number of nitrogens with zero attached hydrogens (tertiary/aromatic N) is 4. The van der Waals surface area contributed by atoms with E-state index in [-0.39, 0.29) is 5.78 Å². The van der Waals surface area contributed by atoms with E-state index >= 15 is 0 Å². The number of rotatable bonds is 3.